The van der Waals surface area contributed by atoms with Gasteiger partial charge in [0.2, 0.25) is 0 Å². The third-order valence-electron chi connectivity index (χ3n) is 3.72. The molecule has 3 heterocycles. The van der Waals surface area contributed by atoms with Crippen LogP contribution in [0.25, 0.3) is 0 Å². The van der Waals surface area contributed by atoms with Gasteiger partial charge in [0.15, 0.2) is 5.96 Å². The van der Waals surface area contributed by atoms with Gasteiger partial charge in [0.05, 0.1) is 29.7 Å². The largest absolute Gasteiger partial charge is 0.370 e. The zero-order chi connectivity index (χ0) is 16.2. The van der Waals surface area contributed by atoms with Crippen LogP contribution in [0, 0.1) is 0 Å². The summed E-state index contributed by atoms with van der Waals surface area (Å²) in [7, 11) is 3.74. The molecule has 0 saturated carbocycles. The Morgan fingerprint density at radius 2 is 2.38 bits per heavy atom. The van der Waals surface area contributed by atoms with Gasteiger partial charge in [-0.05, 0) is 28.1 Å². The van der Waals surface area contributed by atoms with Crippen LogP contribution >= 0.6 is 51.2 Å². The zero-order valence-corrected chi connectivity index (χ0v) is 18.3. The first kappa shape index (κ1) is 19.7. The monoisotopic (exact) mass is 525 g/mol. The molecule has 0 bridgehead atoms. The number of aromatic nitrogens is 2. The summed E-state index contributed by atoms with van der Waals surface area (Å²) in [6.07, 6.45) is 3.91. The number of ether oxygens (including phenoxy) is 1. The number of thiophene rings is 1. The lowest BCUT2D eigenvalue weighted by Crippen LogP contribution is -2.47. The van der Waals surface area contributed by atoms with E-state index in [1.54, 1.807) is 16.0 Å². The molecule has 1 saturated heterocycles. The van der Waals surface area contributed by atoms with Crippen LogP contribution in [0.2, 0.25) is 0 Å². The Labute approximate surface area is 171 Å². The van der Waals surface area contributed by atoms with Crippen LogP contribution < -0.4 is 5.32 Å². The highest BCUT2D eigenvalue weighted by Crippen LogP contribution is 2.23. The number of rotatable bonds is 3. The summed E-state index contributed by atoms with van der Waals surface area (Å²) in [6.45, 7) is 3.08. The van der Waals surface area contributed by atoms with Crippen molar-refractivity contribution < 1.29 is 4.74 Å². The van der Waals surface area contributed by atoms with Gasteiger partial charge in [0.25, 0.3) is 0 Å². The molecule has 1 atom stereocenters. The van der Waals surface area contributed by atoms with E-state index in [4.69, 9.17) is 4.74 Å². The predicted molar refractivity (Wildman–Crippen MR) is 111 cm³/mol. The molecule has 2 aromatic heterocycles. The topological polar surface area (TPSA) is 54.7 Å². The van der Waals surface area contributed by atoms with E-state index in [1.807, 2.05) is 26.5 Å². The molecule has 0 aromatic carbocycles. The van der Waals surface area contributed by atoms with Gasteiger partial charge in [-0.1, -0.05) is 0 Å². The second-order valence-corrected chi connectivity index (χ2v) is 7.91. The summed E-state index contributed by atoms with van der Waals surface area (Å²) in [5.41, 5.74) is 1.11. The van der Waals surface area contributed by atoms with E-state index >= 15 is 0 Å². The molecular weight excluding hydrogens is 505 g/mol. The van der Waals surface area contributed by atoms with Gasteiger partial charge in [0, 0.05) is 37.3 Å². The van der Waals surface area contributed by atoms with Crippen molar-refractivity contribution in [1.82, 2.24) is 20.0 Å². The Kier molecular flexibility index (Phi) is 7.51. The summed E-state index contributed by atoms with van der Waals surface area (Å²) in [5, 5.41) is 7.66. The molecule has 0 spiro atoms. The smallest absolute Gasteiger partial charge is 0.194 e. The van der Waals surface area contributed by atoms with Crippen molar-refractivity contribution in [2.45, 2.75) is 12.6 Å². The summed E-state index contributed by atoms with van der Waals surface area (Å²) in [5.74, 6) is 0.909. The lowest BCUT2D eigenvalue weighted by Gasteiger charge is -2.34. The Hall–Kier alpha value is -0.650. The molecule has 1 aliphatic rings. The van der Waals surface area contributed by atoms with Crippen molar-refractivity contribution in [3.05, 3.63) is 38.8 Å². The van der Waals surface area contributed by atoms with Crippen molar-refractivity contribution in [2.75, 3.05) is 26.7 Å². The summed E-state index contributed by atoms with van der Waals surface area (Å²) in [6, 6.07) is 4.18. The molecule has 1 fully saturated rings. The number of nitrogens with zero attached hydrogens (tertiary/aromatic N) is 4. The summed E-state index contributed by atoms with van der Waals surface area (Å²) < 4.78 is 8.84. The fraction of sp³-hybridized carbons (Fsp3) is 0.467. The van der Waals surface area contributed by atoms with Gasteiger partial charge in [-0.2, -0.15) is 5.10 Å². The number of aliphatic imine (C=N–C) groups is 1. The quantitative estimate of drug-likeness (QED) is 0.380. The molecular formula is C15H21BrIN5OS. The van der Waals surface area contributed by atoms with Gasteiger partial charge in [-0.3, -0.25) is 9.67 Å². The molecule has 0 aliphatic carbocycles. The average Bonchev–Trinajstić information content (AvgIpc) is 3.17. The number of halogens is 2. The molecule has 132 valence electrons. The van der Waals surface area contributed by atoms with E-state index in [2.05, 4.69) is 48.4 Å². The number of nitrogens with one attached hydrogen (secondary N) is 1. The molecule has 1 aliphatic heterocycles. The minimum absolute atomic E-state index is 0. The van der Waals surface area contributed by atoms with Crippen LogP contribution in [0.15, 0.2) is 33.3 Å². The number of hydrogen-bond acceptors (Lipinski definition) is 4. The van der Waals surface area contributed by atoms with Crippen molar-refractivity contribution >= 4 is 57.2 Å². The molecule has 0 amide bonds. The first-order valence-corrected chi connectivity index (χ1v) is 9.06. The summed E-state index contributed by atoms with van der Waals surface area (Å²) in [4.78, 5) is 7.93. The van der Waals surface area contributed by atoms with Crippen LogP contribution in [-0.2, 0) is 18.3 Å². The minimum Gasteiger partial charge on any atom is -0.370 e. The van der Waals surface area contributed by atoms with E-state index in [-0.39, 0.29) is 30.1 Å². The molecule has 1 N–H and O–H groups in total. The Bertz CT molecular complexity index is 689. The molecule has 6 nitrogen and oxygen atoms in total. The standard InChI is InChI=1S/C15H20BrN5OS.HI/c1-17-15(18-8-12-3-4-14(16)23-12)21-5-6-22-13(10-21)11-7-19-20(2)9-11;/h3-4,7,9,13H,5-6,8,10H2,1-2H3,(H,17,18);1H. The minimum atomic E-state index is 0. The third kappa shape index (κ3) is 4.93. The fourth-order valence-corrected chi connectivity index (χ4v) is 4.02. The lowest BCUT2D eigenvalue weighted by molar-refractivity contribution is -0.00804. The molecule has 24 heavy (non-hydrogen) atoms. The maximum Gasteiger partial charge on any atom is 0.194 e. The van der Waals surface area contributed by atoms with Crippen molar-refractivity contribution in [1.29, 1.82) is 0 Å². The highest BCUT2D eigenvalue weighted by atomic mass is 127. The average molecular weight is 526 g/mol. The number of hydrogen-bond donors (Lipinski definition) is 1. The van der Waals surface area contributed by atoms with E-state index < -0.39 is 0 Å². The van der Waals surface area contributed by atoms with Crippen molar-refractivity contribution in [3.63, 3.8) is 0 Å². The normalized spacial score (nSPS) is 18.4. The van der Waals surface area contributed by atoms with Gasteiger partial charge < -0.3 is 15.0 Å². The van der Waals surface area contributed by atoms with Gasteiger partial charge in [0.1, 0.15) is 6.10 Å². The first-order chi connectivity index (χ1) is 11.2. The number of morpholine rings is 1. The predicted octanol–water partition coefficient (Wildman–Crippen LogP) is 3.01. The number of guanidine groups is 1. The molecule has 0 radical (unpaired) electrons. The van der Waals surface area contributed by atoms with Crippen LogP contribution in [0.4, 0.5) is 0 Å². The Balaban J connectivity index is 0.00000208. The van der Waals surface area contributed by atoms with Crippen LogP contribution in [0.1, 0.15) is 16.5 Å². The van der Waals surface area contributed by atoms with E-state index in [9.17, 15) is 0 Å². The highest BCUT2D eigenvalue weighted by molar-refractivity contribution is 14.0. The van der Waals surface area contributed by atoms with Gasteiger partial charge in [-0.15, -0.1) is 35.3 Å². The van der Waals surface area contributed by atoms with Crippen molar-refractivity contribution in [3.8, 4) is 0 Å². The Morgan fingerprint density at radius 3 is 3.00 bits per heavy atom. The molecule has 1 unspecified atom stereocenters. The Morgan fingerprint density at radius 1 is 1.54 bits per heavy atom. The van der Waals surface area contributed by atoms with Crippen LogP contribution in [-0.4, -0.2) is 47.4 Å². The maximum absolute atomic E-state index is 5.89. The van der Waals surface area contributed by atoms with Crippen LogP contribution in [0.3, 0.4) is 0 Å². The summed E-state index contributed by atoms with van der Waals surface area (Å²) >= 11 is 5.23. The lowest BCUT2D eigenvalue weighted by atomic mass is 10.1. The number of aryl methyl sites for hydroxylation is 1. The maximum atomic E-state index is 5.89. The van der Waals surface area contributed by atoms with E-state index in [0.29, 0.717) is 6.61 Å². The van der Waals surface area contributed by atoms with E-state index in [1.165, 1.54) is 4.88 Å². The second-order valence-electron chi connectivity index (χ2n) is 5.36. The SMILES string of the molecule is CN=C(NCc1ccc(Br)s1)N1CCOC(c2cnn(C)c2)C1.I. The highest BCUT2D eigenvalue weighted by Gasteiger charge is 2.25. The van der Waals surface area contributed by atoms with E-state index in [0.717, 1.165) is 34.9 Å². The fourth-order valence-electron chi connectivity index (χ4n) is 2.59. The molecule has 9 heteroatoms. The van der Waals surface area contributed by atoms with Crippen LogP contribution in [0.5, 0.6) is 0 Å². The van der Waals surface area contributed by atoms with Gasteiger partial charge in [-0.25, -0.2) is 0 Å². The second kappa shape index (κ2) is 9.16. The third-order valence-corrected chi connectivity index (χ3v) is 5.35. The molecule has 3 rings (SSSR count). The first-order valence-electron chi connectivity index (χ1n) is 7.45. The van der Waals surface area contributed by atoms with Gasteiger partial charge >= 0.3 is 0 Å². The zero-order valence-electron chi connectivity index (χ0n) is 13.6. The molecule has 2 aromatic rings. The van der Waals surface area contributed by atoms with Crippen molar-refractivity contribution in [2.24, 2.45) is 12.0 Å².